The van der Waals surface area contributed by atoms with Crippen LogP contribution in [0.4, 0.5) is 4.39 Å². The second kappa shape index (κ2) is 4.53. The Bertz CT molecular complexity index is 639. The number of halogens is 2. The molecule has 2 nitrogen and oxygen atoms in total. The van der Waals surface area contributed by atoms with E-state index < -0.39 is 0 Å². The third-order valence-electron chi connectivity index (χ3n) is 2.89. The Morgan fingerprint density at radius 3 is 3.00 bits per heavy atom. The van der Waals surface area contributed by atoms with Crippen molar-refractivity contribution in [3.05, 3.63) is 64.0 Å². The minimum Gasteiger partial charge on any atom is -0.472 e. The van der Waals surface area contributed by atoms with Gasteiger partial charge in [0.25, 0.3) is 0 Å². The molecule has 3 rings (SSSR count). The number of pyridine rings is 1. The summed E-state index contributed by atoms with van der Waals surface area (Å²) in [4.78, 5) is 6.02. The molecule has 0 fully saturated rings. The van der Waals surface area contributed by atoms with Gasteiger partial charge in [-0.25, -0.2) is 9.37 Å². The molecule has 0 amide bonds. The van der Waals surface area contributed by atoms with Crippen LogP contribution in [0.25, 0.3) is 5.57 Å². The summed E-state index contributed by atoms with van der Waals surface area (Å²) in [5, 5.41) is 0. The Balaban J connectivity index is 2.25. The highest BCUT2D eigenvalue weighted by atomic mass is 79.9. The van der Waals surface area contributed by atoms with Crippen LogP contribution in [0.5, 0.6) is 5.88 Å². The van der Waals surface area contributed by atoms with Gasteiger partial charge in [0.2, 0.25) is 5.88 Å². The molecule has 0 spiro atoms. The second-order valence-electron chi connectivity index (χ2n) is 3.97. The van der Waals surface area contributed by atoms with Crippen LogP contribution in [-0.4, -0.2) is 4.98 Å². The van der Waals surface area contributed by atoms with Crippen LogP contribution in [0.1, 0.15) is 16.7 Å². The van der Waals surface area contributed by atoms with Crippen molar-refractivity contribution in [1.29, 1.82) is 0 Å². The van der Waals surface area contributed by atoms with Crippen molar-refractivity contribution in [1.82, 2.24) is 4.98 Å². The average Bonchev–Trinajstić information content (AvgIpc) is 2.55. The molecule has 0 bridgehead atoms. The molecule has 2 heterocycles. The van der Waals surface area contributed by atoms with Gasteiger partial charge in [0.1, 0.15) is 12.4 Å². The van der Waals surface area contributed by atoms with Gasteiger partial charge in [-0.1, -0.05) is 22.0 Å². The third-order valence-corrected chi connectivity index (χ3v) is 3.35. The van der Waals surface area contributed by atoms with Gasteiger partial charge in [-0.2, -0.15) is 0 Å². The maximum Gasteiger partial charge on any atom is 0.221 e. The van der Waals surface area contributed by atoms with Gasteiger partial charge in [0.15, 0.2) is 0 Å². The minimum absolute atomic E-state index is 0.259. The molecule has 4 heteroatoms. The molecule has 0 atom stereocenters. The first-order valence-electron chi connectivity index (χ1n) is 5.47. The van der Waals surface area contributed by atoms with Crippen LogP contribution in [0.15, 0.2) is 41.5 Å². The van der Waals surface area contributed by atoms with Crippen LogP contribution < -0.4 is 4.74 Å². The van der Waals surface area contributed by atoms with Crippen molar-refractivity contribution in [2.24, 2.45) is 0 Å². The molecule has 1 aliphatic heterocycles. The van der Waals surface area contributed by atoms with Crippen molar-refractivity contribution >= 4 is 21.5 Å². The minimum atomic E-state index is -0.259. The van der Waals surface area contributed by atoms with E-state index in [9.17, 15) is 4.39 Å². The van der Waals surface area contributed by atoms with Crippen LogP contribution in [0, 0.1) is 5.82 Å². The van der Waals surface area contributed by atoms with Crippen LogP contribution in [0.2, 0.25) is 0 Å². The van der Waals surface area contributed by atoms with Crippen LogP contribution in [0.3, 0.4) is 0 Å². The predicted octanol–water partition coefficient (Wildman–Crippen LogP) is 3.90. The number of fused-ring (bicyclic) bond motifs is 2. The summed E-state index contributed by atoms with van der Waals surface area (Å²) in [6.07, 6.45) is 1.68. The summed E-state index contributed by atoms with van der Waals surface area (Å²) in [6, 6.07) is 8.51. The number of hydrogen-bond donors (Lipinski definition) is 0. The highest BCUT2D eigenvalue weighted by molar-refractivity contribution is 9.11. The molecule has 0 N–H and O–H groups in total. The largest absolute Gasteiger partial charge is 0.472 e. The number of benzene rings is 1. The van der Waals surface area contributed by atoms with Crippen molar-refractivity contribution in [2.75, 3.05) is 0 Å². The summed E-state index contributed by atoms with van der Waals surface area (Å²) >= 11 is 3.36. The molecule has 0 saturated carbocycles. The standard InChI is InChI=1S/C14H9BrFNO/c15-7-13-11-4-3-10(16)6-9(11)8-18-14-12(13)2-1-5-17-14/h1-7H,8H2/b13-7+. The van der Waals surface area contributed by atoms with E-state index in [1.807, 2.05) is 17.1 Å². The molecule has 1 aromatic heterocycles. The first-order valence-corrected chi connectivity index (χ1v) is 6.38. The second-order valence-corrected chi connectivity index (χ2v) is 4.43. The zero-order valence-corrected chi connectivity index (χ0v) is 10.9. The van der Waals surface area contributed by atoms with Crippen molar-refractivity contribution < 1.29 is 9.13 Å². The zero-order valence-electron chi connectivity index (χ0n) is 9.36. The molecule has 0 aliphatic carbocycles. The number of ether oxygens (including phenoxy) is 1. The van der Waals surface area contributed by atoms with E-state index in [1.165, 1.54) is 12.1 Å². The zero-order chi connectivity index (χ0) is 12.5. The van der Waals surface area contributed by atoms with Crippen molar-refractivity contribution in [3.63, 3.8) is 0 Å². The topological polar surface area (TPSA) is 22.1 Å². The molecule has 2 aromatic rings. The lowest BCUT2D eigenvalue weighted by atomic mass is 9.97. The number of aromatic nitrogens is 1. The predicted molar refractivity (Wildman–Crippen MR) is 71.0 cm³/mol. The van der Waals surface area contributed by atoms with Crippen molar-refractivity contribution in [2.45, 2.75) is 6.61 Å². The Kier molecular flexibility index (Phi) is 2.88. The van der Waals surface area contributed by atoms with Crippen LogP contribution in [-0.2, 0) is 6.61 Å². The summed E-state index contributed by atoms with van der Waals surface area (Å²) in [5.74, 6) is 0.310. The van der Waals surface area contributed by atoms with E-state index in [4.69, 9.17) is 4.74 Å². The fourth-order valence-corrected chi connectivity index (χ4v) is 2.56. The molecule has 1 aliphatic rings. The number of rotatable bonds is 0. The SMILES string of the molecule is Fc1ccc2c(c1)COc1ncccc1/C2=C/Br. The van der Waals surface area contributed by atoms with E-state index >= 15 is 0 Å². The number of nitrogens with zero attached hydrogens (tertiary/aromatic N) is 1. The molecular formula is C14H9BrFNO. The van der Waals surface area contributed by atoms with E-state index in [-0.39, 0.29) is 5.82 Å². The summed E-state index contributed by atoms with van der Waals surface area (Å²) in [7, 11) is 0. The molecule has 0 saturated heterocycles. The summed E-state index contributed by atoms with van der Waals surface area (Å²) < 4.78 is 18.9. The average molecular weight is 306 g/mol. The molecule has 0 radical (unpaired) electrons. The fraction of sp³-hybridized carbons (Fsp3) is 0.0714. The smallest absolute Gasteiger partial charge is 0.221 e. The maximum atomic E-state index is 13.3. The lowest BCUT2D eigenvalue weighted by Crippen LogP contribution is -1.97. The van der Waals surface area contributed by atoms with Crippen molar-refractivity contribution in [3.8, 4) is 5.88 Å². The van der Waals surface area contributed by atoms with Gasteiger partial charge in [-0.3, -0.25) is 0 Å². The first-order chi connectivity index (χ1) is 8.79. The van der Waals surface area contributed by atoms with E-state index in [1.54, 1.807) is 12.3 Å². The Morgan fingerprint density at radius 1 is 1.28 bits per heavy atom. The highest BCUT2D eigenvalue weighted by Gasteiger charge is 2.19. The highest BCUT2D eigenvalue weighted by Crippen LogP contribution is 2.36. The molecule has 1 aromatic carbocycles. The van der Waals surface area contributed by atoms with Gasteiger partial charge >= 0.3 is 0 Å². The quantitative estimate of drug-likeness (QED) is 0.736. The molecule has 90 valence electrons. The summed E-state index contributed by atoms with van der Waals surface area (Å²) in [6.45, 7) is 0.321. The lowest BCUT2D eigenvalue weighted by Gasteiger charge is -2.07. The summed E-state index contributed by atoms with van der Waals surface area (Å²) in [5.41, 5.74) is 3.63. The Labute approximate surface area is 112 Å². The van der Waals surface area contributed by atoms with Gasteiger partial charge in [0, 0.05) is 22.9 Å². The van der Waals surface area contributed by atoms with Gasteiger partial charge in [0.05, 0.1) is 0 Å². The van der Waals surface area contributed by atoms with E-state index in [0.717, 1.165) is 22.3 Å². The normalized spacial score (nSPS) is 15.6. The van der Waals surface area contributed by atoms with E-state index in [0.29, 0.717) is 12.5 Å². The first kappa shape index (κ1) is 11.4. The molecule has 0 unspecified atom stereocenters. The Hall–Kier alpha value is -1.68. The third kappa shape index (κ3) is 1.82. The van der Waals surface area contributed by atoms with Gasteiger partial charge < -0.3 is 4.74 Å². The number of hydrogen-bond acceptors (Lipinski definition) is 2. The van der Waals surface area contributed by atoms with Gasteiger partial charge in [-0.15, -0.1) is 0 Å². The maximum absolute atomic E-state index is 13.3. The van der Waals surface area contributed by atoms with E-state index in [2.05, 4.69) is 20.9 Å². The fourth-order valence-electron chi connectivity index (χ4n) is 2.06. The molecular weight excluding hydrogens is 297 g/mol. The molecule has 18 heavy (non-hydrogen) atoms. The lowest BCUT2D eigenvalue weighted by molar-refractivity contribution is 0.294. The Morgan fingerprint density at radius 2 is 2.17 bits per heavy atom. The van der Waals surface area contributed by atoms with Crippen LogP contribution >= 0.6 is 15.9 Å². The monoisotopic (exact) mass is 305 g/mol. The van der Waals surface area contributed by atoms with Gasteiger partial charge in [-0.05, 0) is 34.8 Å².